The predicted molar refractivity (Wildman–Crippen MR) is 75.8 cm³/mol. The quantitative estimate of drug-likeness (QED) is 0.713. The molecule has 0 fully saturated rings. The first-order chi connectivity index (χ1) is 10.1. The van der Waals surface area contributed by atoms with Crippen molar-refractivity contribution in [3.63, 3.8) is 0 Å². The molecule has 0 aliphatic rings. The molecule has 0 heterocycles. The average molecular weight is 301 g/mol. The van der Waals surface area contributed by atoms with Gasteiger partial charge in [0.15, 0.2) is 0 Å². The summed E-state index contributed by atoms with van der Waals surface area (Å²) in [4.78, 5) is 13.0. The Morgan fingerprint density at radius 2 is 2.00 bits per heavy atom. The van der Waals surface area contributed by atoms with Gasteiger partial charge in [0, 0.05) is 12.1 Å². The van der Waals surface area contributed by atoms with Crippen molar-refractivity contribution in [1.29, 1.82) is 0 Å². The van der Waals surface area contributed by atoms with Gasteiger partial charge < -0.3 is 14.7 Å². The zero-order valence-electron chi connectivity index (χ0n) is 12.1. The maximum atomic E-state index is 12.4. The minimum Gasteiger partial charge on any atom is -0.494 e. The van der Waals surface area contributed by atoms with E-state index >= 15 is 0 Å². The number of halogens is 2. The van der Waals surface area contributed by atoms with Crippen LogP contribution < -0.4 is 4.74 Å². The molecule has 0 saturated carbocycles. The Bertz CT molecular complexity index is 423. The van der Waals surface area contributed by atoms with Crippen LogP contribution >= 0.6 is 0 Å². The zero-order chi connectivity index (χ0) is 15.7. The van der Waals surface area contributed by atoms with Crippen molar-refractivity contribution in [3.05, 3.63) is 29.8 Å². The molecule has 1 aromatic rings. The fraction of sp³-hybridized carbons (Fsp3) is 0.533. The van der Waals surface area contributed by atoms with Gasteiger partial charge in [-0.25, -0.2) is 8.78 Å². The lowest BCUT2D eigenvalue weighted by molar-refractivity contribution is 0.0509. The van der Waals surface area contributed by atoms with E-state index in [-0.39, 0.29) is 13.2 Å². The SMILES string of the molecule is CCCCOc1ccc(C(=O)N(CCO)CC(F)F)cc1. The van der Waals surface area contributed by atoms with Gasteiger partial charge in [-0.2, -0.15) is 0 Å². The van der Waals surface area contributed by atoms with E-state index in [1.165, 1.54) is 0 Å². The van der Waals surface area contributed by atoms with E-state index in [1.807, 2.05) is 0 Å². The van der Waals surface area contributed by atoms with E-state index in [2.05, 4.69) is 6.92 Å². The molecule has 1 amide bonds. The first-order valence-electron chi connectivity index (χ1n) is 6.99. The number of hydrogen-bond acceptors (Lipinski definition) is 3. The van der Waals surface area contributed by atoms with Crippen molar-refractivity contribution < 1.29 is 23.4 Å². The number of ether oxygens (including phenoxy) is 1. The maximum Gasteiger partial charge on any atom is 0.255 e. The third-order valence-electron chi connectivity index (χ3n) is 2.88. The van der Waals surface area contributed by atoms with Gasteiger partial charge in [0.25, 0.3) is 12.3 Å². The van der Waals surface area contributed by atoms with Crippen molar-refractivity contribution in [2.24, 2.45) is 0 Å². The van der Waals surface area contributed by atoms with Crippen LogP contribution in [-0.4, -0.2) is 48.6 Å². The van der Waals surface area contributed by atoms with Crippen LogP contribution in [0.4, 0.5) is 8.78 Å². The zero-order valence-corrected chi connectivity index (χ0v) is 12.1. The Morgan fingerprint density at radius 1 is 1.33 bits per heavy atom. The summed E-state index contributed by atoms with van der Waals surface area (Å²) >= 11 is 0. The number of amides is 1. The second kappa shape index (κ2) is 9.28. The van der Waals surface area contributed by atoms with E-state index in [1.54, 1.807) is 24.3 Å². The fourth-order valence-electron chi connectivity index (χ4n) is 1.77. The highest BCUT2D eigenvalue weighted by molar-refractivity contribution is 5.94. The molecule has 0 radical (unpaired) electrons. The lowest BCUT2D eigenvalue weighted by atomic mass is 10.2. The highest BCUT2D eigenvalue weighted by Gasteiger charge is 2.19. The van der Waals surface area contributed by atoms with Gasteiger partial charge in [0.05, 0.1) is 19.8 Å². The number of benzene rings is 1. The molecule has 0 bridgehead atoms. The molecule has 0 atom stereocenters. The number of hydrogen-bond donors (Lipinski definition) is 1. The predicted octanol–water partition coefficient (Wildman–Crippen LogP) is 2.57. The monoisotopic (exact) mass is 301 g/mol. The standard InChI is InChI=1S/C15H21F2NO3/c1-2-3-10-21-13-6-4-12(5-7-13)15(20)18(8-9-19)11-14(16)17/h4-7,14,19H,2-3,8-11H2,1H3. The van der Waals surface area contributed by atoms with Crippen LogP contribution in [-0.2, 0) is 0 Å². The van der Waals surface area contributed by atoms with Crippen molar-refractivity contribution in [2.45, 2.75) is 26.2 Å². The van der Waals surface area contributed by atoms with Gasteiger partial charge in [-0.05, 0) is 30.7 Å². The van der Waals surface area contributed by atoms with Gasteiger partial charge in [-0.3, -0.25) is 4.79 Å². The molecular formula is C15H21F2NO3. The number of alkyl halides is 2. The van der Waals surface area contributed by atoms with Gasteiger partial charge in [-0.15, -0.1) is 0 Å². The van der Waals surface area contributed by atoms with Crippen molar-refractivity contribution in [2.75, 3.05) is 26.3 Å². The lowest BCUT2D eigenvalue weighted by Gasteiger charge is -2.21. The van der Waals surface area contributed by atoms with E-state index in [9.17, 15) is 13.6 Å². The van der Waals surface area contributed by atoms with Gasteiger partial charge in [-0.1, -0.05) is 13.3 Å². The number of unbranched alkanes of at least 4 members (excludes halogenated alkanes) is 1. The number of aliphatic hydroxyl groups excluding tert-OH is 1. The van der Waals surface area contributed by atoms with Gasteiger partial charge in [0.1, 0.15) is 5.75 Å². The lowest BCUT2D eigenvalue weighted by Crippen LogP contribution is -2.37. The minimum absolute atomic E-state index is 0.113. The summed E-state index contributed by atoms with van der Waals surface area (Å²) in [5.41, 5.74) is 0.298. The molecular weight excluding hydrogens is 280 g/mol. The van der Waals surface area contributed by atoms with Crippen LogP contribution in [0.2, 0.25) is 0 Å². The second-order valence-electron chi connectivity index (χ2n) is 4.59. The third-order valence-corrected chi connectivity index (χ3v) is 2.88. The Morgan fingerprint density at radius 3 is 2.52 bits per heavy atom. The first-order valence-corrected chi connectivity index (χ1v) is 6.99. The number of nitrogens with zero attached hydrogens (tertiary/aromatic N) is 1. The van der Waals surface area contributed by atoms with Crippen LogP contribution in [0.15, 0.2) is 24.3 Å². The molecule has 0 spiro atoms. The topological polar surface area (TPSA) is 49.8 Å². The fourth-order valence-corrected chi connectivity index (χ4v) is 1.77. The third kappa shape index (κ3) is 6.08. The normalized spacial score (nSPS) is 10.7. The summed E-state index contributed by atoms with van der Waals surface area (Å²) in [7, 11) is 0. The molecule has 0 aliphatic heterocycles. The van der Waals surface area contributed by atoms with E-state index in [0.717, 1.165) is 17.7 Å². The Labute approximate surface area is 123 Å². The van der Waals surface area contributed by atoms with E-state index in [0.29, 0.717) is 17.9 Å². The Kier molecular flexibility index (Phi) is 7.68. The summed E-state index contributed by atoms with van der Waals surface area (Å²) < 4.78 is 30.3. The second-order valence-corrected chi connectivity index (χ2v) is 4.59. The molecule has 0 saturated heterocycles. The molecule has 1 aromatic carbocycles. The largest absolute Gasteiger partial charge is 0.494 e. The van der Waals surface area contributed by atoms with Crippen LogP contribution in [0.25, 0.3) is 0 Å². The number of carbonyl (C=O) groups excluding carboxylic acids is 1. The van der Waals surface area contributed by atoms with E-state index in [4.69, 9.17) is 9.84 Å². The first kappa shape index (κ1) is 17.4. The molecule has 4 nitrogen and oxygen atoms in total. The van der Waals surface area contributed by atoms with Crippen molar-refractivity contribution in [1.82, 2.24) is 4.90 Å². The summed E-state index contributed by atoms with van der Waals surface area (Å²) in [5, 5.41) is 8.85. The molecule has 1 N–H and O–H groups in total. The van der Waals surface area contributed by atoms with Crippen molar-refractivity contribution in [3.8, 4) is 5.75 Å². The number of carbonyl (C=O) groups is 1. The summed E-state index contributed by atoms with van der Waals surface area (Å²) in [6.07, 6.45) is -0.656. The average Bonchev–Trinajstić information content (AvgIpc) is 2.47. The number of rotatable bonds is 9. The van der Waals surface area contributed by atoms with Crippen molar-refractivity contribution >= 4 is 5.91 Å². The molecule has 0 unspecified atom stereocenters. The Balaban J connectivity index is 2.67. The van der Waals surface area contributed by atoms with Crippen LogP contribution in [0, 0.1) is 0 Å². The van der Waals surface area contributed by atoms with Crippen LogP contribution in [0.3, 0.4) is 0 Å². The highest BCUT2D eigenvalue weighted by atomic mass is 19.3. The van der Waals surface area contributed by atoms with Gasteiger partial charge in [0.2, 0.25) is 0 Å². The molecule has 0 aliphatic carbocycles. The molecule has 21 heavy (non-hydrogen) atoms. The molecule has 1 rings (SSSR count). The molecule has 0 aromatic heterocycles. The maximum absolute atomic E-state index is 12.4. The van der Waals surface area contributed by atoms with Crippen LogP contribution in [0.5, 0.6) is 5.75 Å². The summed E-state index contributed by atoms with van der Waals surface area (Å²) in [5.74, 6) is 0.118. The Hall–Kier alpha value is -1.69. The molecule has 6 heteroatoms. The van der Waals surface area contributed by atoms with Crippen LogP contribution in [0.1, 0.15) is 30.1 Å². The highest BCUT2D eigenvalue weighted by Crippen LogP contribution is 2.15. The summed E-state index contributed by atoms with van der Waals surface area (Å²) in [6.45, 7) is 1.51. The van der Waals surface area contributed by atoms with Gasteiger partial charge >= 0.3 is 0 Å². The summed E-state index contributed by atoms with van der Waals surface area (Å²) in [6, 6.07) is 6.36. The molecule has 118 valence electrons. The smallest absolute Gasteiger partial charge is 0.255 e. The van der Waals surface area contributed by atoms with E-state index < -0.39 is 18.9 Å². The minimum atomic E-state index is -2.63. The number of aliphatic hydroxyl groups is 1.